The third kappa shape index (κ3) is 9.51. The van der Waals surface area contributed by atoms with E-state index in [-0.39, 0.29) is 19.0 Å². The van der Waals surface area contributed by atoms with Gasteiger partial charge in [0.05, 0.1) is 24.2 Å². The summed E-state index contributed by atoms with van der Waals surface area (Å²) in [6.45, 7) is 5.81. The molecule has 9 heteroatoms. The quantitative estimate of drug-likeness (QED) is 0.290. The van der Waals surface area contributed by atoms with Crippen LogP contribution in [0.4, 0.5) is 9.59 Å². The molecule has 0 aliphatic carbocycles. The number of nitrogens with zero attached hydrogens (tertiary/aromatic N) is 2. The fraction of sp³-hybridized carbons (Fsp3) is 0.393. The highest BCUT2D eigenvalue weighted by Gasteiger charge is 2.33. The second-order valence-corrected chi connectivity index (χ2v) is 11.1. The summed E-state index contributed by atoms with van der Waals surface area (Å²) >= 11 is 1.37. The lowest BCUT2D eigenvalue weighted by molar-refractivity contribution is 0.0350. The van der Waals surface area contributed by atoms with Crippen molar-refractivity contribution in [1.29, 1.82) is 0 Å². The number of aromatic nitrogens is 1. The molecule has 0 saturated carbocycles. The Bertz CT molecular complexity index is 1100. The van der Waals surface area contributed by atoms with Crippen molar-refractivity contribution in [2.24, 2.45) is 0 Å². The van der Waals surface area contributed by atoms with Gasteiger partial charge in [-0.25, -0.2) is 9.59 Å². The Morgan fingerprint density at radius 1 is 1.00 bits per heavy atom. The monoisotopic (exact) mass is 524 g/mol. The van der Waals surface area contributed by atoms with Gasteiger partial charge < -0.3 is 20.8 Å². The number of aliphatic hydroxyl groups excluding tert-OH is 1. The predicted octanol–water partition coefficient (Wildman–Crippen LogP) is 4.69. The van der Waals surface area contributed by atoms with E-state index in [4.69, 9.17) is 0 Å². The minimum absolute atomic E-state index is 0.121. The van der Waals surface area contributed by atoms with Crippen LogP contribution in [0.1, 0.15) is 43.2 Å². The Kier molecular flexibility index (Phi) is 10.0. The third-order valence-corrected chi connectivity index (χ3v) is 6.63. The van der Waals surface area contributed by atoms with Crippen LogP contribution in [0.3, 0.4) is 0 Å². The van der Waals surface area contributed by atoms with E-state index in [9.17, 15) is 19.8 Å². The lowest BCUT2D eigenvalue weighted by Gasteiger charge is -2.35. The second-order valence-electron chi connectivity index (χ2n) is 10.2. The summed E-state index contributed by atoms with van der Waals surface area (Å²) in [5.41, 5.74) is 3.16. The molecule has 3 atom stereocenters. The van der Waals surface area contributed by atoms with Crippen LogP contribution < -0.4 is 10.6 Å². The maximum Gasteiger partial charge on any atom is 0.407 e. The molecule has 3 amide bonds. The van der Waals surface area contributed by atoms with Gasteiger partial charge in [0.15, 0.2) is 0 Å². The molecule has 37 heavy (non-hydrogen) atoms. The Morgan fingerprint density at radius 2 is 1.59 bits per heavy atom. The normalized spacial score (nSPS) is 13.8. The number of thiazole rings is 1. The highest BCUT2D eigenvalue weighted by Crippen LogP contribution is 2.21. The molecule has 198 valence electrons. The highest BCUT2D eigenvalue weighted by molar-refractivity contribution is 7.09. The average Bonchev–Trinajstić information content (AvgIpc) is 3.34. The average molecular weight is 525 g/mol. The fourth-order valence-corrected chi connectivity index (χ4v) is 4.82. The van der Waals surface area contributed by atoms with E-state index in [0.717, 1.165) is 16.0 Å². The number of carboxylic acid groups (broad SMARTS) is 1. The summed E-state index contributed by atoms with van der Waals surface area (Å²) in [5.74, 6) is 0. The van der Waals surface area contributed by atoms with E-state index < -0.39 is 29.8 Å². The summed E-state index contributed by atoms with van der Waals surface area (Å²) in [6, 6.07) is 17.8. The Hall–Kier alpha value is -3.43. The number of benzene rings is 2. The van der Waals surface area contributed by atoms with Crippen molar-refractivity contribution in [2.75, 3.05) is 0 Å². The minimum Gasteiger partial charge on any atom is -0.465 e. The maximum absolute atomic E-state index is 12.7. The molecule has 3 rings (SSSR count). The highest BCUT2D eigenvalue weighted by atomic mass is 32.1. The van der Waals surface area contributed by atoms with Crippen molar-refractivity contribution in [1.82, 2.24) is 20.5 Å². The molecule has 1 heterocycles. The van der Waals surface area contributed by atoms with Crippen LogP contribution >= 0.6 is 11.3 Å². The molecule has 1 aromatic heterocycles. The number of rotatable bonds is 11. The van der Waals surface area contributed by atoms with Crippen LogP contribution in [-0.4, -0.2) is 55.9 Å². The number of hydrogen-bond acceptors (Lipinski definition) is 5. The summed E-state index contributed by atoms with van der Waals surface area (Å²) < 4.78 is 0. The van der Waals surface area contributed by atoms with Crippen molar-refractivity contribution in [3.05, 3.63) is 88.4 Å². The molecule has 0 aliphatic rings. The van der Waals surface area contributed by atoms with Crippen LogP contribution in [0.15, 0.2) is 72.4 Å². The zero-order valence-corrected chi connectivity index (χ0v) is 22.3. The van der Waals surface area contributed by atoms with Gasteiger partial charge in [-0.2, -0.15) is 0 Å². The zero-order chi connectivity index (χ0) is 26.8. The van der Waals surface area contributed by atoms with Crippen molar-refractivity contribution in [3.8, 4) is 0 Å². The van der Waals surface area contributed by atoms with Gasteiger partial charge in [-0.1, -0.05) is 60.7 Å². The topological polar surface area (TPSA) is 115 Å². The molecule has 4 N–H and O–H groups in total. The fourth-order valence-electron chi connectivity index (χ4n) is 4.23. The molecule has 0 spiro atoms. The first-order chi connectivity index (χ1) is 17.6. The molecular weight excluding hydrogens is 488 g/mol. The smallest absolute Gasteiger partial charge is 0.407 e. The Balaban J connectivity index is 1.86. The van der Waals surface area contributed by atoms with Crippen molar-refractivity contribution >= 4 is 23.5 Å². The van der Waals surface area contributed by atoms with Crippen LogP contribution in [0.5, 0.6) is 0 Å². The van der Waals surface area contributed by atoms with Gasteiger partial charge >= 0.3 is 12.1 Å². The first-order valence-corrected chi connectivity index (χ1v) is 13.2. The van der Waals surface area contributed by atoms with Gasteiger partial charge in [-0.15, -0.1) is 11.3 Å². The number of urea groups is 1. The molecule has 0 aliphatic heterocycles. The van der Waals surface area contributed by atoms with Gasteiger partial charge in [-0.3, -0.25) is 9.88 Å². The van der Waals surface area contributed by atoms with Gasteiger partial charge in [0.1, 0.15) is 0 Å². The Morgan fingerprint density at radius 3 is 2.11 bits per heavy atom. The predicted molar refractivity (Wildman–Crippen MR) is 146 cm³/mol. The third-order valence-electron chi connectivity index (χ3n) is 5.86. The van der Waals surface area contributed by atoms with Gasteiger partial charge in [0.25, 0.3) is 0 Å². The van der Waals surface area contributed by atoms with Gasteiger partial charge in [0.2, 0.25) is 0 Å². The summed E-state index contributed by atoms with van der Waals surface area (Å²) in [7, 11) is 0. The lowest BCUT2D eigenvalue weighted by atomic mass is 9.92. The standard InChI is InChI=1S/C28H36N4O4S/c1-28(2,3)31-26(34)30-22(14-20-10-6-4-7-11-20)16-25(33)24(15-21-12-8-5-9-13-21)32(27(35)36)18-23-17-29-19-37-23/h4-13,17,19,22,24-25,33H,14-16,18H2,1-3H3,(H,35,36)(H2,30,31,34)/t22-,24-,25-/m0/s1. The maximum atomic E-state index is 12.7. The molecule has 0 saturated heterocycles. The molecule has 8 nitrogen and oxygen atoms in total. The number of aliphatic hydroxyl groups is 1. The molecule has 0 bridgehead atoms. The summed E-state index contributed by atoms with van der Waals surface area (Å²) in [5, 5.41) is 27.6. The SMILES string of the molecule is CC(C)(C)NC(=O)N[C@@H](Cc1ccccc1)C[C@H](O)[C@H](Cc1ccccc1)N(Cc1cncs1)C(=O)O. The summed E-state index contributed by atoms with van der Waals surface area (Å²) in [6.07, 6.45) is 0.494. The molecule has 0 fully saturated rings. The molecular formula is C28H36N4O4S. The van der Waals surface area contributed by atoms with E-state index in [1.807, 2.05) is 81.4 Å². The van der Waals surface area contributed by atoms with Crippen LogP contribution in [-0.2, 0) is 19.4 Å². The first-order valence-electron chi connectivity index (χ1n) is 12.3. The number of carbonyl (C=O) groups is 2. The minimum atomic E-state index is -1.12. The second kappa shape index (κ2) is 13.2. The summed E-state index contributed by atoms with van der Waals surface area (Å²) in [4.78, 5) is 31.3. The Labute approximate surface area is 222 Å². The van der Waals surface area contributed by atoms with Crippen LogP contribution in [0, 0.1) is 0 Å². The van der Waals surface area contributed by atoms with E-state index in [2.05, 4.69) is 15.6 Å². The van der Waals surface area contributed by atoms with E-state index in [0.29, 0.717) is 12.8 Å². The number of nitrogens with one attached hydrogen (secondary N) is 2. The lowest BCUT2D eigenvalue weighted by Crippen LogP contribution is -2.53. The van der Waals surface area contributed by atoms with Crippen LogP contribution in [0.25, 0.3) is 0 Å². The van der Waals surface area contributed by atoms with E-state index >= 15 is 0 Å². The van der Waals surface area contributed by atoms with E-state index in [1.54, 1.807) is 11.7 Å². The van der Waals surface area contributed by atoms with Gasteiger partial charge in [-0.05, 0) is 51.2 Å². The van der Waals surface area contributed by atoms with Crippen molar-refractivity contribution in [2.45, 2.75) is 70.3 Å². The molecule has 2 aromatic carbocycles. The number of amides is 3. The zero-order valence-electron chi connectivity index (χ0n) is 21.5. The number of carbonyl (C=O) groups excluding carboxylic acids is 1. The number of hydrogen-bond donors (Lipinski definition) is 4. The molecule has 0 radical (unpaired) electrons. The molecule has 0 unspecified atom stereocenters. The largest absolute Gasteiger partial charge is 0.465 e. The van der Waals surface area contributed by atoms with Crippen molar-refractivity contribution < 1.29 is 19.8 Å². The van der Waals surface area contributed by atoms with Crippen molar-refractivity contribution in [3.63, 3.8) is 0 Å². The van der Waals surface area contributed by atoms with Crippen LogP contribution in [0.2, 0.25) is 0 Å². The van der Waals surface area contributed by atoms with Gasteiger partial charge in [0, 0.05) is 22.7 Å². The molecule has 3 aromatic rings. The first kappa shape index (κ1) is 28.1. The van der Waals surface area contributed by atoms with E-state index in [1.165, 1.54) is 16.2 Å².